The highest BCUT2D eigenvalue weighted by Crippen LogP contribution is 2.21. The average molecular weight is 286 g/mol. The van der Waals surface area contributed by atoms with E-state index in [-0.39, 0.29) is 12.1 Å². The molecule has 0 spiro atoms. The second-order valence-electron chi connectivity index (χ2n) is 3.63. The number of benzene rings is 1. The highest BCUT2D eigenvalue weighted by Gasteiger charge is 2.22. The number of nitrogens with two attached hydrogens (primary N) is 1. The minimum atomic E-state index is -0.366. The Balaban J connectivity index is 2.10. The number of hydrogen-bond acceptors (Lipinski definition) is 4. The van der Waals surface area contributed by atoms with E-state index in [4.69, 9.17) is 15.2 Å². The van der Waals surface area contributed by atoms with Gasteiger partial charge >= 0.3 is 5.97 Å². The van der Waals surface area contributed by atoms with Crippen LogP contribution in [0.3, 0.4) is 0 Å². The molecule has 2 rings (SSSR count). The number of hydrogen-bond donors (Lipinski definition) is 1. The van der Waals surface area contributed by atoms with E-state index in [0.717, 1.165) is 6.42 Å². The zero-order valence-electron chi connectivity index (χ0n) is 8.61. The molecule has 1 saturated heterocycles. The number of carbonyl (C=O) groups is 1. The molecule has 86 valence electrons. The fourth-order valence-electron chi connectivity index (χ4n) is 1.52. The van der Waals surface area contributed by atoms with Crippen molar-refractivity contribution in [2.45, 2.75) is 12.5 Å². The van der Waals surface area contributed by atoms with Crippen LogP contribution in [0.4, 0.5) is 5.69 Å². The molecule has 2 N–H and O–H groups in total. The van der Waals surface area contributed by atoms with E-state index in [9.17, 15) is 4.79 Å². The van der Waals surface area contributed by atoms with E-state index in [0.29, 0.717) is 28.9 Å². The Morgan fingerprint density at radius 3 is 3.06 bits per heavy atom. The van der Waals surface area contributed by atoms with Crippen LogP contribution in [0, 0.1) is 0 Å². The number of halogens is 1. The monoisotopic (exact) mass is 285 g/mol. The predicted octanol–water partition coefficient (Wildman–Crippen LogP) is 1.98. The summed E-state index contributed by atoms with van der Waals surface area (Å²) in [4.78, 5) is 11.8. The second kappa shape index (κ2) is 4.84. The van der Waals surface area contributed by atoms with Gasteiger partial charge in [-0.15, -0.1) is 0 Å². The zero-order valence-corrected chi connectivity index (χ0v) is 10.2. The molecule has 1 atom stereocenters. The van der Waals surface area contributed by atoms with Crippen LogP contribution >= 0.6 is 15.9 Å². The van der Waals surface area contributed by atoms with Gasteiger partial charge in [0.2, 0.25) is 0 Å². The lowest BCUT2D eigenvalue weighted by molar-refractivity contribution is 0.0269. The van der Waals surface area contributed by atoms with E-state index in [2.05, 4.69) is 15.9 Å². The molecule has 0 bridgehead atoms. The van der Waals surface area contributed by atoms with Gasteiger partial charge in [0.1, 0.15) is 6.10 Å². The van der Waals surface area contributed by atoms with Crippen LogP contribution < -0.4 is 5.73 Å². The van der Waals surface area contributed by atoms with Gasteiger partial charge in [0.25, 0.3) is 0 Å². The van der Waals surface area contributed by atoms with Crippen LogP contribution in [0.1, 0.15) is 16.8 Å². The maximum Gasteiger partial charge on any atom is 0.339 e. The average Bonchev–Trinajstić information content (AvgIpc) is 2.74. The van der Waals surface area contributed by atoms with Crippen LogP contribution in [-0.4, -0.2) is 25.3 Å². The summed E-state index contributed by atoms with van der Waals surface area (Å²) in [6.07, 6.45) is 0.618. The van der Waals surface area contributed by atoms with Gasteiger partial charge in [-0.3, -0.25) is 0 Å². The molecule has 1 aliphatic rings. The van der Waals surface area contributed by atoms with Crippen LogP contribution in [0.25, 0.3) is 0 Å². The van der Waals surface area contributed by atoms with Crippen molar-refractivity contribution in [3.8, 4) is 0 Å². The van der Waals surface area contributed by atoms with Crippen molar-refractivity contribution in [3.05, 3.63) is 28.2 Å². The largest absolute Gasteiger partial charge is 0.456 e. The lowest BCUT2D eigenvalue weighted by atomic mass is 10.2. The van der Waals surface area contributed by atoms with E-state index in [1.807, 2.05) is 0 Å². The zero-order chi connectivity index (χ0) is 11.5. The quantitative estimate of drug-likeness (QED) is 0.667. The van der Waals surface area contributed by atoms with Crippen molar-refractivity contribution >= 4 is 27.6 Å². The van der Waals surface area contributed by atoms with Gasteiger partial charge in [-0.2, -0.15) is 0 Å². The Labute approximate surface area is 102 Å². The molecular formula is C11H12BrNO3. The Morgan fingerprint density at radius 1 is 1.56 bits per heavy atom. The molecule has 1 aromatic rings. The maximum atomic E-state index is 11.8. The summed E-state index contributed by atoms with van der Waals surface area (Å²) in [6, 6.07) is 5.05. The lowest BCUT2D eigenvalue weighted by Crippen LogP contribution is -2.18. The van der Waals surface area contributed by atoms with Gasteiger partial charge in [-0.05, 0) is 34.1 Å². The Bertz CT molecular complexity index is 402. The Hall–Kier alpha value is -1.07. The molecule has 0 aromatic heterocycles. The van der Waals surface area contributed by atoms with Gasteiger partial charge in [0.05, 0.1) is 18.8 Å². The van der Waals surface area contributed by atoms with Crippen LogP contribution in [-0.2, 0) is 9.47 Å². The van der Waals surface area contributed by atoms with Crippen molar-refractivity contribution in [1.82, 2.24) is 0 Å². The molecule has 1 heterocycles. The van der Waals surface area contributed by atoms with Crippen LogP contribution in [0.15, 0.2) is 22.7 Å². The smallest absolute Gasteiger partial charge is 0.339 e. The molecule has 1 unspecified atom stereocenters. The molecule has 4 nitrogen and oxygen atoms in total. The van der Waals surface area contributed by atoms with Crippen molar-refractivity contribution in [1.29, 1.82) is 0 Å². The summed E-state index contributed by atoms with van der Waals surface area (Å²) in [5.74, 6) is -0.366. The summed E-state index contributed by atoms with van der Waals surface area (Å²) in [5, 5.41) is 0. The van der Waals surface area contributed by atoms with E-state index < -0.39 is 0 Å². The Kier molecular flexibility index (Phi) is 3.46. The summed E-state index contributed by atoms with van der Waals surface area (Å²) in [5.41, 5.74) is 6.61. The molecule has 0 radical (unpaired) electrons. The SMILES string of the molecule is Nc1ccc(Br)c(C(=O)OC2CCOC2)c1. The first kappa shape index (κ1) is 11.4. The van der Waals surface area contributed by atoms with Crippen molar-refractivity contribution in [2.24, 2.45) is 0 Å². The number of esters is 1. The number of rotatable bonds is 2. The number of carbonyl (C=O) groups excluding carboxylic acids is 1. The molecule has 5 heteroatoms. The van der Waals surface area contributed by atoms with Gasteiger partial charge in [-0.25, -0.2) is 4.79 Å². The lowest BCUT2D eigenvalue weighted by Gasteiger charge is -2.11. The summed E-state index contributed by atoms with van der Waals surface area (Å²) in [7, 11) is 0. The molecule has 1 aromatic carbocycles. The number of anilines is 1. The van der Waals surface area contributed by atoms with Crippen LogP contribution in [0.2, 0.25) is 0 Å². The molecular weight excluding hydrogens is 274 g/mol. The first-order valence-corrected chi connectivity index (χ1v) is 5.80. The van der Waals surface area contributed by atoms with Gasteiger partial charge in [0.15, 0.2) is 0 Å². The fourth-order valence-corrected chi connectivity index (χ4v) is 1.93. The first-order valence-electron chi connectivity index (χ1n) is 5.00. The van der Waals surface area contributed by atoms with Gasteiger partial charge in [0, 0.05) is 16.6 Å². The van der Waals surface area contributed by atoms with Crippen LogP contribution in [0.5, 0.6) is 0 Å². The molecule has 1 aliphatic heterocycles. The molecule has 0 amide bonds. The number of nitrogen functional groups attached to an aromatic ring is 1. The topological polar surface area (TPSA) is 61.6 Å². The number of ether oxygens (including phenoxy) is 2. The summed E-state index contributed by atoms with van der Waals surface area (Å²) < 4.78 is 11.1. The normalized spacial score (nSPS) is 19.7. The van der Waals surface area contributed by atoms with E-state index >= 15 is 0 Å². The van der Waals surface area contributed by atoms with Crippen molar-refractivity contribution in [3.63, 3.8) is 0 Å². The summed E-state index contributed by atoms with van der Waals surface area (Å²) in [6.45, 7) is 1.13. The fraction of sp³-hybridized carbons (Fsp3) is 0.364. The van der Waals surface area contributed by atoms with E-state index in [1.54, 1.807) is 18.2 Å². The molecule has 16 heavy (non-hydrogen) atoms. The minimum absolute atomic E-state index is 0.138. The van der Waals surface area contributed by atoms with Crippen molar-refractivity contribution < 1.29 is 14.3 Å². The highest BCUT2D eigenvalue weighted by atomic mass is 79.9. The van der Waals surface area contributed by atoms with Gasteiger partial charge in [-0.1, -0.05) is 0 Å². The second-order valence-corrected chi connectivity index (χ2v) is 4.48. The Morgan fingerprint density at radius 2 is 2.38 bits per heavy atom. The van der Waals surface area contributed by atoms with Gasteiger partial charge < -0.3 is 15.2 Å². The first-order chi connectivity index (χ1) is 7.66. The summed E-state index contributed by atoms with van der Waals surface area (Å²) >= 11 is 3.29. The van der Waals surface area contributed by atoms with Crippen molar-refractivity contribution in [2.75, 3.05) is 18.9 Å². The third-order valence-corrected chi connectivity index (χ3v) is 3.06. The third-order valence-electron chi connectivity index (χ3n) is 2.37. The highest BCUT2D eigenvalue weighted by molar-refractivity contribution is 9.10. The molecule has 1 fully saturated rings. The third kappa shape index (κ3) is 2.54. The van der Waals surface area contributed by atoms with E-state index in [1.165, 1.54) is 0 Å². The molecule has 0 aliphatic carbocycles. The molecule has 0 saturated carbocycles. The predicted molar refractivity (Wildman–Crippen MR) is 63.2 cm³/mol. The maximum absolute atomic E-state index is 11.8. The standard InChI is InChI=1S/C11H12BrNO3/c12-10-2-1-7(13)5-9(10)11(14)16-8-3-4-15-6-8/h1-2,5,8H,3-4,6,13H2. The minimum Gasteiger partial charge on any atom is -0.456 e.